The Hall–Kier alpha value is 1.91. The molecule has 0 bridgehead atoms. The first-order chi connectivity index (χ1) is 12.4. The van der Waals surface area contributed by atoms with Gasteiger partial charge in [-0.15, -0.1) is 0 Å². The molecule has 0 aliphatic heterocycles. The molecule has 0 atom stereocenters. The van der Waals surface area contributed by atoms with E-state index in [4.69, 9.17) is 0 Å². The summed E-state index contributed by atoms with van der Waals surface area (Å²) in [6.07, 6.45) is 7.69. The van der Waals surface area contributed by atoms with Crippen molar-refractivity contribution in [2.24, 2.45) is 11.3 Å². The summed E-state index contributed by atoms with van der Waals surface area (Å²) in [5.74, 6) is 0.986. The van der Waals surface area contributed by atoms with Crippen LogP contribution in [0.3, 0.4) is 0 Å². The van der Waals surface area contributed by atoms with Gasteiger partial charge in [-0.3, -0.25) is 0 Å². The van der Waals surface area contributed by atoms with E-state index >= 15 is 0 Å². The first-order valence-electron chi connectivity index (χ1n) is 11.7. The maximum atomic E-state index is 2.77. The van der Waals surface area contributed by atoms with E-state index in [-0.39, 0.29) is 0 Å². The Bertz CT molecular complexity index is 437. The van der Waals surface area contributed by atoms with Crippen molar-refractivity contribution in [2.75, 3.05) is 0 Å². The second kappa shape index (κ2) is 10.2. The van der Waals surface area contributed by atoms with E-state index in [2.05, 4.69) is 79.7 Å². The molecule has 28 heavy (non-hydrogen) atoms. The molecule has 0 aromatic heterocycles. The van der Waals surface area contributed by atoms with E-state index in [0.717, 1.165) is 40.0 Å². The zero-order valence-electron chi connectivity index (χ0n) is 21.4. The molecule has 0 unspecified atom stereocenters. The molecule has 0 heterocycles. The molecular weight excluding hydrogens is 535 g/mol. The average molecular weight is 587 g/mol. The Balaban J connectivity index is 2.57. The molecule has 0 saturated heterocycles. The van der Waals surface area contributed by atoms with Crippen molar-refractivity contribution in [3.05, 3.63) is 0 Å². The van der Waals surface area contributed by atoms with Crippen molar-refractivity contribution < 1.29 is 0 Å². The van der Waals surface area contributed by atoms with Crippen LogP contribution >= 0.6 is 0 Å². The molecule has 1 rings (SSSR count). The van der Waals surface area contributed by atoms with Crippen molar-refractivity contribution >= 4 is 57.3 Å². The average Bonchev–Trinajstić information content (AvgIpc) is 2.46. The van der Waals surface area contributed by atoms with Crippen LogP contribution in [0.15, 0.2) is 0 Å². The van der Waals surface area contributed by atoms with Crippen molar-refractivity contribution in [1.29, 1.82) is 0 Å². The summed E-state index contributed by atoms with van der Waals surface area (Å²) < 4.78 is 0. The summed E-state index contributed by atoms with van der Waals surface area (Å²) in [5.41, 5.74) is 0.541. The molecule has 6 heteroatoms. The Kier molecular flexibility index (Phi) is 10.2. The Morgan fingerprint density at radius 1 is 0.679 bits per heavy atom. The maximum absolute atomic E-state index is 2.77. The fourth-order valence-corrected chi connectivity index (χ4v) is 136. The fraction of sp³-hybridized carbons (Fsp3) is 1.00. The summed E-state index contributed by atoms with van der Waals surface area (Å²) in [5, 5.41) is 2.19. The van der Waals surface area contributed by atoms with Gasteiger partial charge in [-0.25, -0.2) is 0 Å². The third kappa shape index (κ3) is 6.95. The first kappa shape index (κ1) is 27.9. The van der Waals surface area contributed by atoms with Crippen molar-refractivity contribution in [3.63, 3.8) is 0 Å². The molecular formula is C22H52Se2Si4. The Labute approximate surface area is 194 Å². The molecule has 0 aromatic rings. The van der Waals surface area contributed by atoms with Crippen LogP contribution in [0.1, 0.15) is 52.9 Å². The van der Waals surface area contributed by atoms with Gasteiger partial charge >= 0.3 is 196 Å². The van der Waals surface area contributed by atoms with Gasteiger partial charge in [0.1, 0.15) is 0 Å². The van der Waals surface area contributed by atoms with Gasteiger partial charge < -0.3 is 0 Å². The minimum atomic E-state index is -1.03. The Morgan fingerprint density at radius 2 is 1.11 bits per heavy atom. The molecule has 168 valence electrons. The van der Waals surface area contributed by atoms with Gasteiger partial charge in [0.25, 0.3) is 0 Å². The van der Waals surface area contributed by atoms with E-state index in [0.29, 0.717) is 5.41 Å². The summed E-state index contributed by atoms with van der Waals surface area (Å²) in [7, 11) is -3.09. The monoisotopic (exact) mass is 588 g/mol. The fourth-order valence-electron chi connectivity index (χ4n) is 6.65. The van der Waals surface area contributed by atoms with Gasteiger partial charge in [0, 0.05) is 0 Å². The molecule has 0 spiro atoms. The van der Waals surface area contributed by atoms with E-state index in [1.165, 1.54) is 12.8 Å². The molecule has 0 nitrogen and oxygen atoms in total. The quantitative estimate of drug-likeness (QED) is 0.191. The number of hydrogen-bond donors (Lipinski definition) is 0. The summed E-state index contributed by atoms with van der Waals surface area (Å²) >= 11 is 1.94. The third-order valence-electron chi connectivity index (χ3n) is 7.03. The van der Waals surface area contributed by atoms with Gasteiger partial charge in [0.2, 0.25) is 0 Å². The molecule has 0 radical (unpaired) electrons. The molecule has 0 aromatic carbocycles. The molecule has 1 aliphatic rings. The van der Waals surface area contributed by atoms with Crippen LogP contribution in [0, 0.1) is 11.3 Å². The standard InChI is InChI=1S/C22H52Se2Si4/c1-22(2,3)20-14-16-21(17-15-20)23-18-13-19-24-28(25(4,5)6,26(7,8)9)27(10,11)12/h20-21H,13-19H2,1-12H3. The van der Waals surface area contributed by atoms with Crippen LogP contribution in [0.25, 0.3) is 0 Å². The summed E-state index contributed by atoms with van der Waals surface area (Å²) in [6, 6.07) is 0. The van der Waals surface area contributed by atoms with Crippen LogP contribution in [-0.2, 0) is 0 Å². The predicted octanol–water partition coefficient (Wildman–Crippen LogP) is 7.84. The van der Waals surface area contributed by atoms with Crippen LogP contribution in [-0.4, -0.2) is 57.3 Å². The topological polar surface area (TPSA) is 0 Å². The molecule has 1 saturated carbocycles. The van der Waals surface area contributed by atoms with Gasteiger partial charge in [0.05, 0.1) is 0 Å². The van der Waals surface area contributed by atoms with Crippen LogP contribution in [0.4, 0.5) is 0 Å². The van der Waals surface area contributed by atoms with Gasteiger partial charge in [-0.2, -0.15) is 0 Å². The normalized spacial score (nSPS) is 23.1. The zero-order valence-corrected chi connectivity index (χ0v) is 28.8. The summed E-state index contributed by atoms with van der Waals surface area (Å²) in [6.45, 7) is 32.3. The van der Waals surface area contributed by atoms with Crippen molar-refractivity contribution in [1.82, 2.24) is 0 Å². The second-order valence-corrected chi connectivity index (χ2v) is 70.0. The molecule has 1 fully saturated rings. The first-order valence-corrected chi connectivity index (χ1v) is 33.1. The third-order valence-corrected chi connectivity index (χ3v) is 123. The van der Waals surface area contributed by atoms with Gasteiger partial charge in [-0.05, 0) is 0 Å². The number of rotatable bonds is 9. The van der Waals surface area contributed by atoms with Gasteiger partial charge in [0.15, 0.2) is 0 Å². The van der Waals surface area contributed by atoms with E-state index in [1.807, 2.05) is 0 Å². The molecule has 1 aliphatic carbocycles. The van der Waals surface area contributed by atoms with Gasteiger partial charge in [-0.1, -0.05) is 0 Å². The predicted molar refractivity (Wildman–Crippen MR) is 147 cm³/mol. The van der Waals surface area contributed by atoms with Crippen LogP contribution in [0.5, 0.6) is 0 Å². The number of hydrogen-bond acceptors (Lipinski definition) is 0. The molecule has 0 amide bonds. The SMILES string of the molecule is CC(C)(C)C1CCC([Se]CCC[Se][Si]([Si](C)(C)C)([Si](C)(C)C)[Si](C)(C)C)CC1. The minimum absolute atomic E-state index is 0.541. The van der Waals surface area contributed by atoms with Crippen molar-refractivity contribution in [3.8, 4) is 0 Å². The van der Waals surface area contributed by atoms with E-state index < -0.39 is 28.0 Å². The van der Waals surface area contributed by atoms with Crippen molar-refractivity contribution in [2.45, 2.75) is 127 Å². The van der Waals surface area contributed by atoms with Crippen LogP contribution < -0.4 is 0 Å². The zero-order chi connectivity index (χ0) is 22.0. The second-order valence-electron chi connectivity index (χ2n) is 13.3. The van der Waals surface area contributed by atoms with Crippen LogP contribution in [0.2, 0.25) is 74.4 Å². The Morgan fingerprint density at radius 3 is 1.46 bits per heavy atom. The summed E-state index contributed by atoms with van der Waals surface area (Å²) in [4.78, 5) is 1.12. The van der Waals surface area contributed by atoms with E-state index in [1.54, 1.807) is 29.9 Å². The molecule has 0 N–H and O–H groups in total. The van der Waals surface area contributed by atoms with E-state index in [9.17, 15) is 0 Å².